The maximum absolute atomic E-state index is 11.5. The molecule has 0 heterocycles. The molecule has 5 nitrogen and oxygen atoms in total. The van der Waals surface area contributed by atoms with Gasteiger partial charge >= 0.3 is 5.97 Å². The molecule has 0 unspecified atom stereocenters. The van der Waals surface area contributed by atoms with E-state index in [0.717, 1.165) is 0 Å². The molecule has 0 amide bonds. The molecule has 1 aliphatic carbocycles. The molecule has 1 saturated carbocycles. The second kappa shape index (κ2) is 9.90. The SMILES string of the molecule is COC=C(C(=O)O)c1ccccc1COc1cc(Cl)c(OCC2CCC2)c(Cl)c1. The first-order valence-corrected chi connectivity index (χ1v) is 10.0. The van der Waals surface area contributed by atoms with Gasteiger partial charge in [-0.05, 0) is 29.9 Å². The van der Waals surface area contributed by atoms with Gasteiger partial charge < -0.3 is 19.3 Å². The number of carboxylic acids is 1. The Bertz CT molecular complexity index is 883. The fraction of sp³-hybridized carbons (Fsp3) is 0.318. The van der Waals surface area contributed by atoms with Crippen LogP contribution >= 0.6 is 23.2 Å². The van der Waals surface area contributed by atoms with Crippen molar-refractivity contribution in [3.8, 4) is 11.5 Å². The first kappa shape index (κ1) is 21.3. The van der Waals surface area contributed by atoms with E-state index in [1.54, 1.807) is 30.3 Å². The predicted octanol–water partition coefficient (Wildman–Crippen LogP) is 5.82. The number of methoxy groups -OCH3 is 1. The van der Waals surface area contributed by atoms with Crippen molar-refractivity contribution in [1.29, 1.82) is 0 Å². The molecule has 2 aromatic rings. The third-order valence-corrected chi connectivity index (χ3v) is 5.39. The highest BCUT2D eigenvalue weighted by Gasteiger charge is 2.20. The number of hydrogen-bond acceptors (Lipinski definition) is 4. The Hall–Kier alpha value is -2.37. The Morgan fingerprint density at radius 3 is 2.45 bits per heavy atom. The predicted molar refractivity (Wildman–Crippen MR) is 113 cm³/mol. The van der Waals surface area contributed by atoms with Crippen molar-refractivity contribution in [2.24, 2.45) is 5.92 Å². The van der Waals surface area contributed by atoms with Gasteiger partial charge in [-0.1, -0.05) is 53.9 Å². The normalized spacial score (nSPS) is 14.2. The highest BCUT2D eigenvalue weighted by molar-refractivity contribution is 6.37. The number of rotatable bonds is 9. The molecule has 1 aliphatic rings. The monoisotopic (exact) mass is 436 g/mol. The molecular formula is C22H22Cl2O5. The Balaban J connectivity index is 1.73. The lowest BCUT2D eigenvalue weighted by Crippen LogP contribution is -2.19. The molecule has 0 spiro atoms. The van der Waals surface area contributed by atoms with Crippen molar-refractivity contribution in [1.82, 2.24) is 0 Å². The van der Waals surface area contributed by atoms with Crippen LogP contribution in [0.15, 0.2) is 42.7 Å². The second-order valence-corrected chi connectivity index (χ2v) is 7.66. The average molecular weight is 437 g/mol. The summed E-state index contributed by atoms with van der Waals surface area (Å²) in [6.45, 7) is 0.746. The number of carboxylic acid groups (broad SMARTS) is 1. The van der Waals surface area contributed by atoms with Crippen molar-refractivity contribution in [2.45, 2.75) is 25.9 Å². The molecule has 7 heteroatoms. The smallest absolute Gasteiger partial charge is 0.339 e. The third-order valence-electron chi connectivity index (χ3n) is 4.83. The van der Waals surface area contributed by atoms with Crippen LogP contribution in [-0.2, 0) is 16.1 Å². The number of carbonyl (C=O) groups is 1. The third kappa shape index (κ3) is 5.37. The lowest BCUT2D eigenvalue weighted by Gasteiger charge is -2.25. The van der Waals surface area contributed by atoms with Crippen molar-refractivity contribution in [3.63, 3.8) is 0 Å². The van der Waals surface area contributed by atoms with Crippen LogP contribution in [0.4, 0.5) is 0 Å². The van der Waals surface area contributed by atoms with Crippen molar-refractivity contribution in [3.05, 3.63) is 63.8 Å². The maximum atomic E-state index is 11.5. The van der Waals surface area contributed by atoms with Gasteiger partial charge in [-0.25, -0.2) is 4.79 Å². The van der Waals surface area contributed by atoms with Gasteiger partial charge in [0, 0.05) is 12.1 Å². The summed E-state index contributed by atoms with van der Waals surface area (Å²) in [6, 6.07) is 10.4. The summed E-state index contributed by atoms with van der Waals surface area (Å²) in [5.41, 5.74) is 1.25. The van der Waals surface area contributed by atoms with E-state index >= 15 is 0 Å². The molecule has 3 rings (SSSR count). The minimum Gasteiger partial charge on any atom is -0.503 e. The lowest BCUT2D eigenvalue weighted by molar-refractivity contribution is -0.130. The van der Waals surface area contributed by atoms with Gasteiger partial charge in [0.15, 0.2) is 5.75 Å². The van der Waals surface area contributed by atoms with Crippen LogP contribution in [0, 0.1) is 5.92 Å². The van der Waals surface area contributed by atoms with Crippen LogP contribution in [0.2, 0.25) is 10.0 Å². The van der Waals surface area contributed by atoms with E-state index in [9.17, 15) is 9.90 Å². The van der Waals surface area contributed by atoms with Crippen LogP contribution in [-0.4, -0.2) is 24.8 Å². The summed E-state index contributed by atoms with van der Waals surface area (Å²) in [5.74, 6) is 0.416. The molecule has 0 aromatic heterocycles. The van der Waals surface area contributed by atoms with E-state index in [-0.39, 0.29) is 12.2 Å². The number of ether oxygens (including phenoxy) is 3. The van der Waals surface area contributed by atoms with Gasteiger partial charge in [0.25, 0.3) is 0 Å². The quantitative estimate of drug-likeness (QED) is 0.396. The van der Waals surface area contributed by atoms with Crippen molar-refractivity contribution < 1.29 is 24.1 Å². The van der Waals surface area contributed by atoms with E-state index in [1.807, 2.05) is 6.07 Å². The molecule has 1 fully saturated rings. The standard InChI is InChI=1S/C22H22Cl2O5/c1-27-13-18(22(25)26)17-8-3-2-7-15(17)12-28-16-9-19(23)21(20(24)10-16)29-11-14-5-4-6-14/h2-3,7-10,13-14H,4-6,11-12H2,1H3,(H,25,26). The van der Waals surface area contributed by atoms with E-state index in [1.165, 1.54) is 32.6 Å². The summed E-state index contributed by atoms with van der Waals surface area (Å²) in [4.78, 5) is 11.5. The van der Waals surface area contributed by atoms with Crippen LogP contribution in [0.1, 0.15) is 30.4 Å². The highest BCUT2D eigenvalue weighted by atomic mass is 35.5. The summed E-state index contributed by atoms with van der Waals surface area (Å²) in [7, 11) is 1.40. The van der Waals surface area contributed by atoms with Gasteiger partial charge in [-0.3, -0.25) is 0 Å². The topological polar surface area (TPSA) is 65.0 Å². The second-order valence-electron chi connectivity index (χ2n) is 6.84. The molecule has 0 aliphatic heterocycles. The molecule has 154 valence electrons. The molecule has 0 radical (unpaired) electrons. The van der Waals surface area contributed by atoms with E-state index in [2.05, 4.69) is 0 Å². The summed E-state index contributed by atoms with van der Waals surface area (Å²) >= 11 is 12.7. The average Bonchev–Trinajstić information content (AvgIpc) is 2.65. The molecule has 0 saturated heterocycles. The van der Waals surface area contributed by atoms with E-state index in [0.29, 0.717) is 45.2 Å². The Morgan fingerprint density at radius 1 is 1.17 bits per heavy atom. The number of aliphatic carboxylic acids is 1. The summed E-state index contributed by atoms with van der Waals surface area (Å²) < 4.78 is 16.5. The van der Waals surface area contributed by atoms with Gasteiger partial charge in [0.1, 0.15) is 17.9 Å². The van der Waals surface area contributed by atoms with Gasteiger partial charge in [0.2, 0.25) is 0 Å². The molecule has 1 N–H and O–H groups in total. The van der Waals surface area contributed by atoms with Crippen LogP contribution in [0.3, 0.4) is 0 Å². The summed E-state index contributed by atoms with van der Waals surface area (Å²) in [5, 5.41) is 10.2. The first-order valence-electron chi connectivity index (χ1n) is 9.28. The molecule has 2 aromatic carbocycles. The summed E-state index contributed by atoms with van der Waals surface area (Å²) in [6.07, 6.45) is 4.79. The van der Waals surface area contributed by atoms with Gasteiger partial charge in [-0.2, -0.15) is 0 Å². The fourth-order valence-electron chi connectivity index (χ4n) is 3.04. The minimum absolute atomic E-state index is 0.0440. The minimum atomic E-state index is -1.08. The fourth-order valence-corrected chi connectivity index (χ4v) is 3.61. The lowest BCUT2D eigenvalue weighted by atomic mass is 9.86. The molecule has 29 heavy (non-hydrogen) atoms. The van der Waals surface area contributed by atoms with E-state index in [4.69, 9.17) is 37.4 Å². The number of halogens is 2. The first-order chi connectivity index (χ1) is 14.0. The number of hydrogen-bond donors (Lipinski definition) is 1. The van der Waals surface area contributed by atoms with Crippen molar-refractivity contribution in [2.75, 3.05) is 13.7 Å². The highest BCUT2D eigenvalue weighted by Crippen LogP contribution is 2.38. The molecule has 0 atom stereocenters. The largest absolute Gasteiger partial charge is 0.503 e. The zero-order valence-electron chi connectivity index (χ0n) is 16.0. The zero-order chi connectivity index (χ0) is 20.8. The van der Waals surface area contributed by atoms with Crippen LogP contribution < -0.4 is 9.47 Å². The Morgan fingerprint density at radius 2 is 1.86 bits per heavy atom. The molecular weight excluding hydrogens is 415 g/mol. The van der Waals surface area contributed by atoms with Crippen molar-refractivity contribution >= 4 is 34.7 Å². The van der Waals surface area contributed by atoms with Gasteiger partial charge in [-0.15, -0.1) is 0 Å². The van der Waals surface area contributed by atoms with E-state index < -0.39 is 5.97 Å². The maximum Gasteiger partial charge on any atom is 0.339 e. The Labute approximate surface area is 179 Å². The number of benzene rings is 2. The van der Waals surface area contributed by atoms with Gasteiger partial charge in [0.05, 0.1) is 30.0 Å². The zero-order valence-corrected chi connectivity index (χ0v) is 17.5. The van der Waals surface area contributed by atoms with Crippen LogP contribution in [0.25, 0.3) is 5.57 Å². The Kier molecular flexibility index (Phi) is 7.29. The van der Waals surface area contributed by atoms with Crippen LogP contribution in [0.5, 0.6) is 11.5 Å². The molecule has 0 bridgehead atoms.